The lowest BCUT2D eigenvalue weighted by Gasteiger charge is -2.26. The highest BCUT2D eigenvalue weighted by atomic mass is 127. The summed E-state index contributed by atoms with van der Waals surface area (Å²) in [6.07, 6.45) is 1.69. The topological polar surface area (TPSA) is 71.8 Å². The Morgan fingerprint density at radius 3 is 2.74 bits per heavy atom. The molecule has 2 N–H and O–H groups in total. The van der Waals surface area contributed by atoms with Crippen LogP contribution in [0.5, 0.6) is 0 Å². The Morgan fingerprint density at radius 2 is 2.11 bits per heavy atom. The van der Waals surface area contributed by atoms with E-state index in [1.807, 2.05) is 24.3 Å². The fourth-order valence-electron chi connectivity index (χ4n) is 1.75. The number of aromatic nitrogens is 3. The van der Waals surface area contributed by atoms with Crippen LogP contribution in [0, 0.1) is 3.57 Å². The SMILES string of the molecule is O=C(Nc1ccc(I)cc1)c1cn(C2CNC2)nn1. The van der Waals surface area contributed by atoms with E-state index >= 15 is 0 Å². The number of nitrogens with one attached hydrogen (secondary N) is 2. The number of anilines is 1. The van der Waals surface area contributed by atoms with E-state index in [-0.39, 0.29) is 5.91 Å². The van der Waals surface area contributed by atoms with Crippen molar-refractivity contribution < 1.29 is 4.79 Å². The van der Waals surface area contributed by atoms with E-state index in [9.17, 15) is 4.79 Å². The third-order valence-electron chi connectivity index (χ3n) is 2.98. The van der Waals surface area contributed by atoms with Gasteiger partial charge in [0.2, 0.25) is 0 Å². The second kappa shape index (κ2) is 5.25. The molecule has 1 aromatic carbocycles. The maximum atomic E-state index is 12.0. The van der Waals surface area contributed by atoms with Gasteiger partial charge < -0.3 is 10.6 Å². The van der Waals surface area contributed by atoms with E-state index in [0.717, 1.165) is 22.3 Å². The third kappa shape index (κ3) is 2.76. The Balaban J connectivity index is 1.69. The van der Waals surface area contributed by atoms with Gasteiger partial charge in [0.15, 0.2) is 5.69 Å². The van der Waals surface area contributed by atoms with Crippen LogP contribution >= 0.6 is 22.6 Å². The molecule has 2 aromatic rings. The summed E-state index contributed by atoms with van der Waals surface area (Å²) in [5.74, 6) is -0.236. The fourth-order valence-corrected chi connectivity index (χ4v) is 2.11. The summed E-state index contributed by atoms with van der Waals surface area (Å²) >= 11 is 2.22. The Morgan fingerprint density at radius 1 is 1.37 bits per heavy atom. The summed E-state index contributed by atoms with van der Waals surface area (Å²) in [5, 5.41) is 13.8. The first-order valence-corrected chi connectivity index (χ1v) is 7.00. The van der Waals surface area contributed by atoms with Gasteiger partial charge in [0.05, 0.1) is 12.2 Å². The number of carbonyl (C=O) groups is 1. The van der Waals surface area contributed by atoms with Crippen molar-refractivity contribution in [1.82, 2.24) is 20.3 Å². The molecule has 0 unspecified atom stereocenters. The van der Waals surface area contributed by atoms with Crippen molar-refractivity contribution in [3.8, 4) is 0 Å². The standard InChI is InChI=1S/C12H12IN5O/c13-8-1-3-9(4-2-8)15-12(19)11-7-18(17-16-11)10-5-14-6-10/h1-4,7,10,14H,5-6H2,(H,15,19). The summed E-state index contributed by atoms with van der Waals surface area (Å²) in [6, 6.07) is 7.91. The van der Waals surface area contributed by atoms with Gasteiger partial charge in [0.25, 0.3) is 5.91 Å². The van der Waals surface area contributed by atoms with Crippen LogP contribution in [0.2, 0.25) is 0 Å². The first-order valence-electron chi connectivity index (χ1n) is 5.92. The quantitative estimate of drug-likeness (QED) is 0.800. The van der Waals surface area contributed by atoms with Crippen LogP contribution < -0.4 is 10.6 Å². The van der Waals surface area contributed by atoms with Gasteiger partial charge in [0, 0.05) is 22.3 Å². The number of hydrogen-bond acceptors (Lipinski definition) is 4. The second-order valence-corrected chi connectivity index (χ2v) is 5.60. The Kier molecular flexibility index (Phi) is 3.47. The molecule has 3 rings (SSSR count). The molecule has 1 saturated heterocycles. The van der Waals surface area contributed by atoms with Crippen LogP contribution in [-0.4, -0.2) is 34.0 Å². The van der Waals surface area contributed by atoms with Gasteiger partial charge in [-0.25, -0.2) is 4.68 Å². The molecule has 1 aliphatic heterocycles. The van der Waals surface area contributed by atoms with Gasteiger partial charge in [-0.05, 0) is 46.9 Å². The van der Waals surface area contributed by atoms with Crippen LogP contribution in [0.3, 0.4) is 0 Å². The minimum absolute atomic E-state index is 0.236. The Hall–Kier alpha value is -1.48. The summed E-state index contributed by atoms with van der Waals surface area (Å²) < 4.78 is 2.86. The van der Waals surface area contributed by atoms with Gasteiger partial charge in [0.1, 0.15) is 0 Å². The van der Waals surface area contributed by atoms with E-state index in [1.165, 1.54) is 0 Å². The van der Waals surface area contributed by atoms with E-state index < -0.39 is 0 Å². The first-order chi connectivity index (χ1) is 9.22. The number of benzene rings is 1. The molecule has 0 radical (unpaired) electrons. The monoisotopic (exact) mass is 369 g/mol. The maximum Gasteiger partial charge on any atom is 0.277 e. The largest absolute Gasteiger partial charge is 0.321 e. The highest BCUT2D eigenvalue weighted by Gasteiger charge is 2.21. The molecule has 0 atom stereocenters. The van der Waals surface area contributed by atoms with Crippen molar-refractivity contribution in [2.45, 2.75) is 6.04 Å². The van der Waals surface area contributed by atoms with Crippen LogP contribution in [0.4, 0.5) is 5.69 Å². The number of halogens is 1. The molecule has 0 spiro atoms. The van der Waals surface area contributed by atoms with Crippen molar-refractivity contribution in [1.29, 1.82) is 0 Å². The highest BCUT2D eigenvalue weighted by molar-refractivity contribution is 14.1. The van der Waals surface area contributed by atoms with Crippen molar-refractivity contribution in [3.63, 3.8) is 0 Å². The molecule has 7 heteroatoms. The van der Waals surface area contributed by atoms with Crippen molar-refractivity contribution >= 4 is 34.2 Å². The van der Waals surface area contributed by atoms with Crippen LogP contribution in [0.15, 0.2) is 30.5 Å². The summed E-state index contributed by atoms with van der Waals surface area (Å²) in [5.41, 5.74) is 1.09. The molecule has 0 bridgehead atoms. The van der Waals surface area contributed by atoms with Crippen molar-refractivity contribution in [3.05, 3.63) is 39.7 Å². The van der Waals surface area contributed by atoms with E-state index in [1.54, 1.807) is 10.9 Å². The molecule has 0 saturated carbocycles. The molecule has 98 valence electrons. The molecule has 1 aliphatic rings. The second-order valence-electron chi connectivity index (χ2n) is 4.36. The zero-order valence-electron chi connectivity index (χ0n) is 10.0. The van der Waals surface area contributed by atoms with Crippen LogP contribution in [-0.2, 0) is 0 Å². The zero-order valence-corrected chi connectivity index (χ0v) is 12.2. The predicted molar refractivity (Wildman–Crippen MR) is 79.0 cm³/mol. The fraction of sp³-hybridized carbons (Fsp3) is 0.250. The van der Waals surface area contributed by atoms with Gasteiger partial charge in [-0.2, -0.15) is 0 Å². The lowest BCUT2D eigenvalue weighted by molar-refractivity contribution is 0.102. The molecule has 1 fully saturated rings. The minimum atomic E-state index is -0.236. The predicted octanol–water partition coefficient (Wildman–Crippen LogP) is 1.28. The minimum Gasteiger partial charge on any atom is -0.321 e. The Bertz CT molecular complexity index is 590. The average Bonchev–Trinajstić information content (AvgIpc) is 2.79. The summed E-state index contributed by atoms with van der Waals surface area (Å²) in [7, 11) is 0. The molecule has 2 heterocycles. The number of carbonyl (C=O) groups excluding carboxylic acids is 1. The molecule has 6 nitrogen and oxygen atoms in total. The van der Waals surface area contributed by atoms with Gasteiger partial charge in [-0.15, -0.1) is 5.10 Å². The van der Waals surface area contributed by atoms with E-state index in [2.05, 4.69) is 43.5 Å². The number of amides is 1. The van der Waals surface area contributed by atoms with E-state index in [0.29, 0.717) is 11.7 Å². The first kappa shape index (κ1) is 12.5. The van der Waals surface area contributed by atoms with Crippen molar-refractivity contribution in [2.75, 3.05) is 18.4 Å². The summed E-state index contributed by atoms with van der Waals surface area (Å²) in [6.45, 7) is 1.75. The lowest BCUT2D eigenvalue weighted by atomic mass is 10.2. The van der Waals surface area contributed by atoms with E-state index in [4.69, 9.17) is 0 Å². The average molecular weight is 369 g/mol. The highest BCUT2D eigenvalue weighted by Crippen LogP contribution is 2.13. The maximum absolute atomic E-state index is 12.0. The zero-order chi connectivity index (χ0) is 13.2. The number of rotatable bonds is 3. The molecule has 1 amide bonds. The van der Waals surface area contributed by atoms with Crippen LogP contribution in [0.1, 0.15) is 16.5 Å². The Labute approximate surface area is 123 Å². The normalized spacial score (nSPS) is 15.0. The van der Waals surface area contributed by atoms with Gasteiger partial charge in [-0.1, -0.05) is 5.21 Å². The molecule has 0 aliphatic carbocycles. The number of hydrogen-bond donors (Lipinski definition) is 2. The molecular weight excluding hydrogens is 357 g/mol. The summed E-state index contributed by atoms with van der Waals surface area (Å²) in [4.78, 5) is 12.0. The molecule has 19 heavy (non-hydrogen) atoms. The van der Waals surface area contributed by atoms with Crippen LogP contribution in [0.25, 0.3) is 0 Å². The lowest BCUT2D eigenvalue weighted by Crippen LogP contribution is -2.43. The third-order valence-corrected chi connectivity index (χ3v) is 3.70. The smallest absolute Gasteiger partial charge is 0.277 e. The van der Waals surface area contributed by atoms with Gasteiger partial charge >= 0.3 is 0 Å². The number of nitrogens with zero attached hydrogens (tertiary/aromatic N) is 3. The molecule has 1 aromatic heterocycles. The van der Waals surface area contributed by atoms with Gasteiger partial charge in [-0.3, -0.25) is 4.79 Å². The molecular formula is C12H12IN5O. The van der Waals surface area contributed by atoms with Crippen molar-refractivity contribution in [2.24, 2.45) is 0 Å².